The van der Waals surface area contributed by atoms with Crippen LogP contribution in [-0.4, -0.2) is 13.1 Å². The Morgan fingerprint density at radius 2 is 1.65 bits per heavy atom. The van der Waals surface area contributed by atoms with Crippen molar-refractivity contribution in [3.63, 3.8) is 0 Å². The van der Waals surface area contributed by atoms with Crippen molar-refractivity contribution in [3.8, 4) is 0 Å². The van der Waals surface area contributed by atoms with E-state index in [0.717, 1.165) is 18.8 Å². The number of benzene rings is 2. The maximum atomic E-state index is 5.97. The normalized spacial score (nSPS) is 10.4. The molecule has 2 nitrogen and oxygen atoms in total. The minimum atomic E-state index is 0.569. The monoisotopic (exact) mass is 308 g/mol. The van der Waals surface area contributed by atoms with Crippen molar-refractivity contribution in [3.05, 3.63) is 57.6 Å². The first-order valence-corrected chi connectivity index (χ1v) is 7.32. The Kier molecular flexibility index (Phi) is 5.16. The smallest absolute Gasteiger partial charge is 0.0612 e. The molecule has 20 heavy (non-hydrogen) atoms. The summed E-state index contributed by atoms with van der Waals surface area (Å²) in [4.78, 5) is 0. The SMILES string of the molecule is Cc1cccc(NCCNc2ccc(Cl)c(Cl)c2)c1C. The summed E-state index contributed by atoms with van der Waals surface area (Å²) in [6.45, 7) is 5.90. The van der Waals surface area contributed by atoms with Crippen LogP contribution < -0.4 is 10.6 Å². The van der Waals surface area contributed by atoms with Gasteiger partial charge in [-0.05, 0) is 49.2 Å². The zero-order chi connectivity index (χ0) is 14.5. The van der Waals surface area contributed by atoms with Crippen LogP contribution in [0, 0.1) is 13.8 Å². The van der Waals surface area contributed by atoms with Gasteiger partial charge >= 0.3 is 0 Å². The number of hydrogen-bond acceptors (Lipinski definition) is 2. The lowest BCUT2D eigenvalue weighted by atomic mass is 10.1. The van der Waals surface area contributed by atoms with E-state index in [9.17, 15) is 0 Å². The summed E-state index contributed by atoms with van der Waals surface area (Å²) in [6, 6.07) is 11.8. The van der Waals surface area contributed by atoms with Crippen LogP contribution >= 0.6 is 23.2 Å². The van der Waals surface area contributed by atoms with Crippen LogP contribution in [0.25, 0.3) is 0 Å². The molecule has 0 saturated carbocycles. The van der Waals surface area contributed by atoms with E-state index in [4.69, 9.17) is 23.2 Å². The van der Waals surface area contributed by atoms with Gasteiger partial charge in [0.15, 0.2) is 0 Å². The average Bonchev–Trinajstić information content (AvgIpc) is 2.43. The van der Waals surface area contributed by atoms with Crippen LogP contribution in [0.3, 0.4) is 0 Å². The number of nitrogens with one attached hydrogen (secondary N) is 2. The highest BCUT2D eigenvalue weighted by Crippen LogP contribution is 2.24. The minimum absolute atomic E-state index is 0.569. The minimum Gasteiger partial charge on any atom is -0.383 e. The third-order valence-corrected chi connectivity index (χ3v) is 4.03. The number of hydrogen-bond donors (Lipinski definition) is 2. The van der Waals surface area contributed by atoms with Crippen molar-refractivity contribution < 1.29 is 0 Å². The molecular weight excluding hydrogens is 291 g/mol. The topological polar surface area (TPSA) is 24.1 Å². The molecule has 2 aromatic carbocycles. The summed E-state index contributed by atoms with van der Waals surface area (Å²) in [5.41, 5.74) is 4.75. The van der Waals surface area contributed by atoms with Crippen molar-refractivity contribution in [2.24, 2.45) is 0 Å². The maximum Gasteiger partial charge on any atom is 0.0612 e. The van der Waals surface area contributed by atoms with Gasteiger partial charge in [0.05, 0.1) is 10.0 Å². The Bertz CT molecular complexity index is 597. The fraction of sp³-hybridized carbons (Fsp3) is 0.250. The van der Waals surface area contributed by atoms with Crippen molar-refractivity contribution in [2.45, 2.75) is 13.8 Å². The molecule has 0 amide bonds. The fourth-order valence-electron chi connectivity index (χ4n) is 1.95. The summed E-state index contributed by atoms with van der Waals surface area (Å²) in [6.07, 6.45) is 0. The Hall–Kier alpha value is -1.38. The van der Waals surface area contributed by atoms with Crippen molar-refractivity contribution in [1.82, 2.24) is 0 Å². The van der Waals surface area contributed by atoms with Crippen LogP contribution in [0.4, 0.5) is 11.4 Å². The first kappa shape index (κ1) is 15.0. The molecule has 0 radical (unpaired) electrons. The third-order valence-electron chi connectivity index (χ3n) is 3.29. The van der Waals surface area contributed by atoms with Gasteiger partial charge < -0.3 is 10.6 Å². The van der Waals surface area contributed by atoms with E-state index < -0.39 is 0 Å². The van der Waals surface area contributed by atoms with Gasteiger partial charge in [-0.2, -0.15) is 0 Å². The highest BCUT2D eigenvalue weighted by molar-refractivity contribution is 6.42. The summed E-state index contributed by atoms with van der Waals surface area (Å²) < 4.78 is 0. The summed E-state index contributed by atoms with van der Waals surface area (Å²) in [7, 11) is 0. The zero-order valence-electron chi connectivity index (χ0n) is 11.6. The predicted molar refractivity (Wildman–Crippen MR) is 89.4 cm³/mol. The van der Waals surface area contributed by atoms with E-state index in [1.54, 1.807) is 6.07 Å². The first-order chi connectivity index (χ1) is 9.58. The highest BCUT2D eigenvalue weighted by Gasteiger charge is 2.00. The van der Waals surface area contributed by atoms with Crippen molar-refractivity contribution in [1.29, 1.82) is 0 Å². The molecule has 4 heteroatoms. The Morgan fingerprint density at radius 3 is 2.40 bits per heavy atom. The number of rotatable bonds is 5. The van der Waals surface area contributed by atoms with Crippen molar-refractivity contribution in [2.75, 3.05) is 23.7 Å². The highest BCUT2D eigenvalue weighted by atomic mass is 35.5. The molecule has 0 unspecified atom stereocenters. The van der Waals surface area contributed by atoms with E-state index in [0.29, 0.717) is 10.0 Å². The second-order valence-corrected chi connectivity index (χ2v) is 5.54. The number of aryl methyl sites for hydroxylation is 1. The number of anilines is 2. The van der Waals surface area contributed by atoms with Gasteiger partial charge in [0.1, 0.15) is 0 Å². The Balaban J connectivity index is 1.84. The van der Waals surface area contributed by atoms with E-state index in [1.165, 1.54) is 16.8 Å². The number of halogens is 2. The second kappa shape index (κ2) is 6.87. The van der Waals surface area contributed by atoms with Gasteiger partial charge in [-0.1, -0.05) is 35.3 Å². The molecule has 0 aliphatic rings. The third kappa shape index (κ3) is 3.81. The average molecular weight is 309 g/mol. The molecule has 0 aliphatic carbocycles. The Morgan fingerprint density at radius 1 is 0.900 bits per heavy atom. The van der Waals surface area contributed by atoms with E-state index in [2.05, 4.69) is 42.7 Å². The Labute approximate surface area is 130 Å². The fourth-order valence-corrected chi connectivity index (χ4v) is 2.25. The van der Waals surface area contributed by atoms with E-state index >= 15 is 0 Å². The van der Waals surface area contributed by atoms with Crippen LogP contribution in [0.15, 0.2) is 36.4 Å². The van der Waals surface area contributed by atoms with Crippen LogP contribution in [0.2, 0.25) is 10.0 Å². The van der Waals surface area contributed by atoms with Crippen LogP contribution in [-0.2, 0) is 0 Å². The summed E-state index contributed by atoms with van der Waals surface area (Å²) in [5, 5.41) is 7.88. The molecule has 0 fully saturated rings. The standard InChI is InChI=1S/C16H18Cl2N2/c1-11-4-3-5-16(12(11)2)20-9-8-19-13-6-7-14(17)15(18)10-13/h3-7,10,19-20H,8-9H2,1-2H3. The van der Waals surface area contributed by atoms with Gasteiger partial charge in [-0.3, -0.25) is 0 Å². The van der Waals surface area contributed by atoms with Crippen molar-refractivity contribution >= 4 is 34.6 Å². The molecule has 106 valence electrons. The molecule has 0 aliphatic heterocycles. The first-order valence-electron chi connectivity index (χ1n) is 6.57. The van der Waals surface area contributed by atoms with Gasteiger partial charge in [-0.15, -0.1) is 0 Å². The lowest BCUT2D eigenvalue weighted by Crippen LogP contribution is -2.14. The molecule has 2 aromatic rings. The lowest BCUT2D eigenvalue weighted by Gasteiger charge is -2.12. The lowest BCUT2D eigenvalue weighted by molar-refractivity contribution is 1.07. The van der Waals surface area contributed by atoms with E-state index in [-0.39, 0.29) is 0 Å². The molecule has 0 bridgehead atoms. The zero-order valence-corrected chi connectivity index (χ0v) is 13.1. The van der Waals surface area contributed by atoms with Crippen LogP contribution in [0.1, 0.15) is 11.1 Å². The maximum absolute atomic E-state index is 5.97. The molecule has 2 rings (SSSR count). The van der Waals surface area contributed by atoms with Gasteiger partial charge in [0, 0.05) is 24.5 Å². The quantitative estimate of drug-likeness (QED) is 0.748. The molecule has 2 N–H and O–H groups in total. The predicted octanol–water partition coefficient (Wildman–Crippen LogP) is 5.13. The van der Waals surface area contributed by atoms with Gasteiger partial charge in [0.25, 0.3) is 0 Å². The molecule has 0 spiro atoms. The summed E-state index contributed by atoms with van der Waals surface area (Å²) >= 11 is 11.9. The molecule has 0 saturated heterocycles. The molecule has 0 atom stereocenters. The molecular formula is C16H18Cl2N2. The van der Waals surface area contributed by atoms with E-state index in [1.807, 2.05) is 12.1 Å². The van der Waals surface area contributed by atoms with Crippen LogP contribution in [0.5, 0.6) is 0 Å². The second-order valence-electron chi connectivity index (χ2n) is 4.73. The molecule has 0 heterocycles. The largest absolute Gasteiger partial charge is 0.383 e. The van der Waals surface area contributed by atoms with Gasteiger partial charge in [-0.25, -0.2) is 0 Å². The summed E-state index contributed by atoms with van der Waals surface area (Å²) in [5.74, 6) is 0. The van der Waals surface area contributed by atoms with Gasteiger partial charge in [0.2, 0.25) is 0 Å². The molecule has 0 aromatic heterocycles.